The number of anilines is 2. The molecule has 0 aliphatic heterocycles. The van der Waals surface area contributed by atoms with Crippen LogP contribution in [0.2, 0.25) is 0 Å². The molecule has 0 aliphatic carbocycles. The quantitative estimate of drug-likeness (QED) is 0.576. The number of rotatable bonds is 3. The fourth-order valence-electron chi connectivity index (χ4n) is 1.09. The lowest BCUT2D eigenvalue weighted by Gasteiger charge is -2.19. The van der Waals surface area contributed by atoms with E-state index in [1.807, 2.05) is 20.8 Å². The fraction of sp³-hybridized carbons (Fsp3) is 0.600. The topological polar surface area (TPSA) is 75.9 Å². The van der Waals surface area contributed by atoms with Crippen molar-refractivity contribution in [3.63, 3.8) is 0 Å². The minimum absolute atomic E-state index is 0.0835. The van der Waals surface area contributed by atoms with Gasteiger partial charge in [-0.25, -0.2) is 15.8 Å². The van der Waals surface area contributed by atoms with Crippen LogP contribution in [-0.4, -0.2) is 16.5 Å². The number of nitrogen functional groups attached to an aromatic ring is 1. The molecular formula is C10H16F3N5. The molecule has 0 aromatic carbocycles. The van der Waals surface area contributed by atoms with Crippen LogP contribution in [0.25, 0.3) is 0 Å². The van der Waals surface area contributed by atoms with Gasteiger partial charge in [-0.2, -0.15) is 13.2 Å². The minimum Gasteiger partial charge on any atom is -0.369 e. The summed E-state index contributed by atoms with van der Waals surface area (Å²) in [4.78, 5) is 6.67. The smallest absolute Gasteiger partial charge is 0.369 e. The fourth-order valence-corrected chi connectivity index (χ4v) is 1.09. The summed E-state index contributed by atoms with van der Waals surface area (Å²) in [5.74, 6) is 3.84. The number of hydrogen-bond acceptors (Lipinski definition) is 5. The predicted octanol–water partition coefficient (Wildman–Crippen LogP) is 2.24. The standard InChI is InChI=1S/C10H16F3N5/c1-9(2,3)5-15-6-4-7(18-14)17-8(16-6)10(11,12)13/h4H,5,14H2,1-3H3,(H2,15,16,17,18). The first-order chi connectivity index (χ1) is 8.12. The molecule has 1 aromatic heterocycles. The molecule has 0 saturated heterocycles. The normalized spacial score (nSPS) is 12.4. The summed E-state index contributed by atoms with van der Waals surface area (Å²) in [6.07, 6.45) is -4.61. The van der Waals surface area contributed by atoms with Gasteiger partial charge in [0.25, 0.3) is 0 Å². The Kier molecular flexibility index (Phi) is 4.00. The van der Waals surface area contributed by atoms with Crippen molar-refractivity contribution in [1.82, 2.24) is 9.97 Å². The SMILES string of the molecule is CC(C)(C)CNc1cc(NN)nc(C(F)(F)F)n1. The molecule has 1 heterocycles. The lowest BCUT2D eigenvalue weighted by molar-refractivity contribution is -0.144. The van der Waals surface area contributed by atoms with E-state index < -0.39 is 12.0 Å². The zero-order valence-electron chi connectivity index (χ0n) is 10.4. The van der Waals surface area contributed by atoms with Gasteiger partial charge < -0.3 is 10.7 Å². The summed E-state index contributed by atoms with van der Waals surface area (Å²) in [6.45, 7) is 6.33. The van der Waals surface area contributed by atoms with Crippen LogP contribution >= 0.6 is 0 Å². The molecule has 18 heavy (non-hydrogen) atoms. The minimum atomic E-state index is -4.61. The van der Waals surface area contributed by atoms with Crippen LogP contribution in [0.3, 0.4) is 0 Å². The highest BCUT2D eigenvalue weighted by Gasteiger charge is 2.35. The molecular weight excluding hydrogens is 247 g/mol. The van der Waals surface area contributed by atoms with Crippen molar-refractivity contribution in [2.45, 2.75) is 26.9 Å². The van der Waals surface area contributed by atoms with Crippen molar-refractivity contribution >= 4 is 11.6 Å². The van der Waals surface area contributed by atoms with Gasteiger partial charge >= 0.3 is 6.18 Å². The predicted molar refractivity (Wildman–Crippen MR) is 62.8 cm³/mol. The van der Waals surface area contributed by atoms with Crippen molar-refractivity contribution in [3.8, 4) is 0 Å². The lowest BCUT2D eigenvalue weighted by atomic mass is 9.97. The van der Waals surface area contributed by atoms with Crippen LogP contribution in [0.15, 0.2) is 6.07 Å². The molecule has 0 fully saturated rings. The van der Waals surface area contributed by atoms with Crippen molar-refractivity contribution in [1.29, 1.82) is 0 Å². The van der Waals surface area contributed by atoms with Crippen LogP contribution in [0.1, 0.15) is 26.6 Å². The average molecular weight is 263 g/mol. The van der Waals surface area contributed by atoms with Crippen LogP contribution in [0, 0.1) is 5.41 Å². The molecule has 1 aromatic rings. The summed E-state index contributed by atoms with van der Waals surface area (Å²) in [6, 6.07) is 1.32. The number of hydrazine groups is 1. The van der Waals surface area contributed by atoms with Crippen molar-refractivity contribution in [2.24, 2.45) is 11.3 Å². The molecule has 4 N–H and O–H groups in total. The number of halogens is 3. The molecule has 0 spiro atoms. The van der Waals surface area contributed by atoms with E-state index in [1.165, 1.54) is 6.07 Å². The van der Waals surface area contributed by atoms with Gasteiger partial charge in [0.15, 0.2) is 0 Å². The van der Waals surface area contributed by atoms with Gasteiger partial charge in [0.2, 0.25) is 5.82 Å². The third kappa shape index (κ3) is 4.36. The summed E-state index contributed by atoms with van der Waals surface area (Å²) >= 11 is 0. The highest BCUT2D eigenvalue weighted by atomic mass is 19.4. The number of nitrogens with one attached hydrogen (secondary N) is 2. The molecule has 1 rings (SSSR count). The third-order valence-corrected chi connectivity index (χ3v) is 1.93. The van der Waals surface area contributed by atoms with E-state index in [4.69, 9.17) is 5.84 Å². The first-order valence-corrected chi connectivity index (χ1v) is 5.28. The summed E-state index contributed by atoms with van der Waals surface area (Å²) < 4.78 is 37.6. The molecule has 0 atom stereocenters. The molecule has 0 saturated carbocycles. The highest BCUT2D eigenvalue weighted by Crippen LogP contribution is 2.28. The second-order valence-corrected chi connectivity index (χ2v) is 5.02. The Morgan fingerprint density at radius 3 is 2.17 bits per heavy atom. The molecule has 5 nitrogen and oxygen atoms in total. The third-order valence-electron chi connectivity index (χ3n) is 1.93. The van der Waals surface area contributed by atoms with Crippen LogP contribution in [0.5, 0.6) is 0 Å². The molecule has 102 valence electrons. The van der Waals surface area contributed by atoms with Gasteiger partial charge in [0.05, 0.1) is 0 Å². The van der Waals surface area contributed by atoms with Gasteiger partial charge in [0, 0.05) is 12.6 Å². The van der Waals surface area contributed by atoms with Gasteiger partial charge in [-0.05, 0) is 5.41 Å². The molecule has 0 unspecified atom stereocenters. The summed E-state index contributed by atoms with van der Waals surface area (Å²) in [5, 5.41) is 2.83. The van der Waals surface area contributed by atoms with Gasteiger partial charge in [0.1, 0.15) is 11.6 Å². The van der Waals surface area contributed by atoms with E-state index in [-0.39, 0.29) is 17.1 Å². The number of nitrogens with two attached hydrogens (primary N) is 1. The number of alkyl halides is 3. The van der Waals surface area contributed by atoms with Gasteiger partial charge in [-0.15, -0.1) is 0 Å². The lowest BCUT2D eigenvalue weighted by Crippen LogP contribution is -2.22. The van der Waals surface area contributed by atoms with E-state index in [0.717, 1.165) is 0 Å². The zero-order valence-corrected chi connectivity index (χ0v) is 10.4. The first kappa shape index (κ1) is 14.5. The summed E-state index contributed by atoms with van der Waals surface area (Å²) in [5.41, 5.74) is 2.00. The Morgan fingerprint density at radius 1 is 1.17 bits per heavy atom. The summed E-state index contributed by atoms with van der Waals surface area (Å²) in [7, 11) is 0. The van der Waals surface area contributed by atoms with E-state index >= 15 is 0 Å². The molecule has 0 aliphatic rings. The maximum atomic E-state index is 12.5. The Balaban J connectivity index is 2.98. The highest BCUT2D eigenvalue weighted by molar-refractivity contribution is 5.47. The maximum Gasteiger partial charge on any atom is 0.451 e. The molecule has 0 radical (unpaired) electrons. The van der Waals surface area contributed by atoms with E-state index in [2.05, 4.69) is 20.7 Å². The largest absolute Gasteiger partial charge is 0.451 e. The van der Waals surface area contributed by atoms with Gasteiger partial charge in [-0.1, -0.05) is 20.8 Å². The first-order valence-electron chi connectivity index (χ1n) is 5.28. The van der Waals surface area contributed by atoms with Crippen LogP contribution < -0.4 is 16.6 Å². The van der Waals surface area contributed by atoms with Crippen molar-refractivity contribution < 1.29 is 13.2 Å². The van der Waals surface area contributed by atoms with E-state index in [0.29, 0.717) is 6.54 Å². The Hall–Kier alpha value is -1.57. The van der Waals surface area contributed by atoms with Crippen LogP contribution in [0.4, 0.5) is 24.8 Å². The number of hydrogen-bond donors (Lipinski definition) is 3. The Morgan fingerprint density at radius 2 is 1.72 bits per heavy atom. The average Bonchev–Trinajstić information content (AvgIpc) is 2.24. The Labute approximate surface area is 103 Å². The molecule has 0 amide bonds. The zero-order chi connectivity index (χ0) is 14.0. The van der Waals surface area contributed by atoms with Gasteiger partial charge in [-0.3, -0.25) is 0 Å². The number of nitrogens with zero attached hydrogens (tertiary/aromatic N) is 2. The number of aromatic nitrogens is 2. The monoisotopic (exact) mass is 263 g/mol. The van der Waals surface area contributed by atoms with E-state index in [1.54, 1.807) is 0 Å². The second-order valence-electron chi connectivity index (χ2n) is 5.02. The van der Waals surface area contributed by atoms with E-state index in [9.17, 15) is 13.2 Å². The maximum absolute atomic E-state index is 12.5. The second kappa shape index (κ2) is 4.97. The Bertz CT molecular complexity index is 411. The molecule has 8 heteroatoms. The van der Waals surface area contributed by atoms with Crippen molar-refractivity contribution in [3.05, 3.63) is 11.9 Å². The van der Waals surface area contributed by atoms with Crippen LogP contribution in [-0.2, 0) is 6.18 Å². The molecule has 0 bridgehead atoms. The van der Waals surface area contributed by atoms with Crippen molar-refractivity contribution in [2.75, 3.05) is 17.3 Å².